The molecule has 2 aliphatic rings. The molecule has 2 rings (SSSR count). The monoisotopic (exact) mass is 218 g/mol. The minimum absolute atomic E-state index is 0.581. The molecule has 0 spiro atoms. The van der Waals surface area contributed by atoms with Gasteiger partial charge in [-0.25, -0.2) is 0 Å². The number of rotatable bonds is 1. The first-order valence-electron chi connectivity index (χ1n) is 5.62. The topological polar surface area (TPSA) is 0 Å². The van der Waals surface area contributed by atoms with Crippen molar-refractivity contribution in [2.24, 2.45) is 11.8 Å². The van der Waals surface area contributed by atoms with Crippen molar-refractivity contribution < 1.29 is 0 Å². The predicted molar refractivity (Wildman–Crippen MR) is 69.8 cm³/mol. The van der Waals surface area contributed by atoms with Crippen LogP contribution in [0.3, 0.4) is 0 Å². The quantitative estimate of drug-likeness (QED) is 0.590. The van der Waals surface area contributed by atoms with Gasteiger partial charge in [-0.3, -0.25) is 0 Å². The van der Waals surface area contributed by atoms with Crippen LogP contribution in [0, 0.1) is 11.8 Å². The van der Waals surface area contributed by atoms with Gasteiger partial charge in [0.25, 0.3) is 0 Å². The van der Waals surface area contributed by atoms with Crippen molar-refractivity contribution in [3.63, 3.8) is 0 Å². The van der Waals surface area contributed by atoms with Crippen LogP contribution in [0.15, 0.2) is 46.9 Å². The molecule has 0 aromatic rings. The second-order valence-electron chi connectivity index (χ2n) is 4.25. The molecule has 0 N–H and O–H groups in total. The van der Waals surface area contributed by atoms with Crippen LogP contribution in [0.2, 0.25) is 0 Å². The van der Waals surface area contributed by atoms with Crippen LogP contribution in [0.25, 0.3) is 0 Å². The Labute approximate surface area is 96.8 Å². The van der Waals surface area contributed by atoms with Crippen molar-refractivity contribution in [3.8, 4) is 0 Å². The molecule has 0 aromatic carbocycles. The second kappa shape index (κ2) is 4.44. The summed E-state index contributed by atoms with van der Waals surface area (Å²) in [6.45, 7) is 6.73. The van der Waals surface area contributed by atoms with E-state index in [1.165, 1.54) is 0 Å². The first-order chi connectivity index (χ1) is 7.24. The third-order valence-corrected chi connectivity index (χ3v) is 4.81. The Kier molecular flexibility index (Phi) is 3.20. The summed E-state index contributed by atoms with van der Waals surface area (Å²) in [5.74, 6) is 1.23. The maximum Gasteiger partial charge on any atom is 0.0337 e. The molecule has 0 nitrogen and oxygen atoms in total. The third-order valence-electron chi connectivity index (χ3n) is 3.11. The molecule has 0 unspecified atom stereocenters. The van der Waals surface area contributed by atoms with Gasteiger partial charge in [0.15, 0.2) is 0 Å². The Morgan fingerprint density at radius 1 is 1.27 bits per heavy atom. The molecule has 0 amide bonds. The molecular formula is C14H18S. The average Bonchev–Trinajstić information content (AvgIpc) is 2.42. The fourth-order valence-corrected chi connectivity index (χ4v) is 3.76. The van der Waals surface area contributed by atoms with E-state index >= 15 is 0 Å². The highest BCUT2D eigenvalue weighted by Gasteiger charge is 2.31. The molecule has 1 aliphatic carbocycles. The summed E-state index contributed by atoms with van der Waals surface area (Å²) >= 11 is 2.04. The van der Waals surface area contributed by atoms with Crippen LogP contribution in [-0.4, -0.2) is 5.25 Å². The largest absolute Gasteiger partial charge is 0.121 e. The Morgan fingerprint density at radius 3 is 2.80 bits per heavy atom. The Morgan fingerprint density at radius 2 is 2.07 bits per heavy atom. The highest BCUT2D eigenvalue weighted by molar-refractivity contribution is 8.04. The lowest BCUT2D eigenvalue weighted by atomic mass is 9.94. The summed E-state index contributed by atoms with van der Waals surface area (Å²) in [5, 5.41) is 0.638. The molecule has 0 aromatic heterocycles. The summed E-state index contributed by atoms with van der Waals surface area (Å²) in [6.07, 6.45) is 13.4. The van der Waals surface area contributed by atoms with Crippen LogP contribution in [0.4, 0.5) is 0 Å². The Balaban J connectivity index is 2.29. The molecule has 0 fully saturated rings. The van der Waals surface area contributed by atoms with Gasteiger partial charge >= 0.3 is 0 Å². The van der Waals surface area contributed by atoms with E-state index in [9.17, 15) is 0 Å². The van der Waals surface area contributed by atoms with Crippen molar-refractivity contribution in [3.05, 3.63) is 46.9 Å². The van der Waals surface area contributed by atoms with E-state index < -0.39 is 0 Å². The van der Waals surface area contributed by atoms with E-state index in [1.807, 2.05) is 11.8 Å². The van der Waals surface area contributed by atoms with E-state index in [1.54, 1.807) is 10.5 Å². The number of hydrogen-bond acceptors (Lipinski definition) is 1. The summed E-state index contributed by atoms with van der Waals surface area (Å²) in [7, 11) is 0. The molecule has 0 radical (unpaired) electrons. The highest BCUT2D eigenvalue weighted by Crippen LogP contribution is 2.47. The van der Waals surface area contributed by atoms with E-state index in [0.29, 0.717) is 17.1 Å². The van der Waals surface area contributed by atoms with Crippen molar-refractivity contribution in [2.45, 2.75) is 26.0 Å². The van der Waals surface area contributed by atoms with Crippen molar-refractivity contribution in [2.75, 3.05) is 0 Å². The molecule has 0 saturated heterocycles. The van der Waals surface area contributed by atoms with Gasteiger partial charge in [0.1, 0.15) is 0 Å². The van der Waals surface area contributed by atoms with Gasteiger partial charge < -0.3 is 0 Å². The lowest BCUT2D eigenvalue weighted by Gasteiger charge is -2.11. The zero-order valence-corrected chi connectivity index (χ0v) is 10.4. The summed E-state index contributed by atoms with van der Waals surface area (Å²) < 4.78 is 0. The Hall–Kier alpha value is -0.690. The van der Waals surface area contributed by atoms with Crippen LogP contribution < -0.4 is 0 Å². The van der Waals surface area contributed by atoms with Gasteiger partial charge in [-0.1, -0.05) is 50.3 Å². The normalized spacial score (nSPS) is 35.0. The van der Waals surface area contributed by atoms with Gasteiger partial charge in [-0.15, -0.1) is 11.8 Å². The summed E-state index contributed by atoms with van der Waals surface area (Å²) in [5.41, 5.74) is 1.54. The number of allylic oxidation sites excluding steroid dienone is 7. The fourth-order valence-electron chi connectivity index (χ4n) is 2.20. The Bertz CT molecular complexity index is 358. The van der Waals surface area contributed by atoms with Crippen LogP contribution in [-0.2, 0) is 0 Å². The zero-order valence-electron chi connectivity index (χ0n) is 9.60. The van der Waals surface area contributed by atoms with E-state index in [4.69, 9.17) is 0 Å². The predicted octanol–water partition coefficient (Wildman–Crippen LogP) is 4.33. The zero-order chi connectivity index (χ0) is 10.8. The average molecular weight is 218 g/mol. The van der Waals surface area contributed by atoms with Gasteiger partial charge in [0, 0.05) is 11.2 Å². The van der Waals surface area contributed by atoms with Gasteiger partial charge in [-0.2, -0.15) is 0 Å². The molecule has 80 valence electrons. The lowest BCUT2D eigenvalue weighted by molar-refractivity contribution is 0.733. The van der Waals surface area contributed by atoms with E-state index in [-0.39, 0.29) is 0 Å². The first kappa shape index (κ1) is 10.8. The number of hydrogen-bond donors (Lipinski definition) is 0. The molecule has 15 heavy (non-hydrogen) atoms. The SMILES string of the molecule is C/C=C\[C@@H]1SC2=C(C=CC=C[C@@H]2C)[C@@H]1C. The molecule has 1 heterocycles. The van der Waals surface area contributed by atoms with Crippen LogP contribution in [0.5, 0.6) is 0 Å². The molecule has 0 saturated carbocycles. The van der Waals surface area contributed by atoms with Crippen molar-refractivity contribution >= 4 is 11.8 Å². The third kappa shape index (κ3) is 1.98. The second-order valence-corrected chi connectivity index (χ2v) is 5.47. The lowest BCUT2D eigenvalue weighted by Crippen LogP contribution is -2.06. The van der Waals surface area contributed by atoms with E-state index in [2.05, 4.69) is 57.2 Å². The molecule has 3 atom stereocenters. The molecule has 1 heteroatoms. The first-order valence-corrected chi connectivity index (χ1v) is 6.50. The van der Waals surface area contributed by atoms with Gasteiger partial charge in [0.05, 0.1) is 0 Å². The molecular weight excluding hydrogens is 200 g/mol. The molecule has 0 bridgehead atoms. The van der Waals surface area contributed by atoms with Gasteiger partial charge in [-0.05, 0) is 23.3 Å². The fraction of sp³-hybridized carbons (Fsp3) is 0.429. The van der Waals surface area contributed by atoms with Crippen LogP contribution >= 0.6 is 11.8 Å². The smallest absolute Gasteiger partial charge is 0.0337 e. The van der Waals surface area contributed by atoms with Crippen molar-refractivity contribution in [1.82, 2.24) is 0 Å². The van der Waals surface area contributed by atoms with Gasteiger partial charge in [0.2, 0.25) is 0 Å². The minimum Gasteiger partial charge on any atom is -0.121 e. The van der Waals surface area contributed by atoms with Crippen molar-refractivity contribution in [1.29, 1.82) is 0 Å². The highest BCUT2D eigenvalue weighted by atomic mass is 32.2. The number of thioether (sulfide) groups is 1. The minimum atomic E-state index is 0.581. The standard InChI is InChI=1S/C14H18S/c1-4-7-13-11(3)12-9-6-5-8-10(2)14(12)15-13/h4-11,13H,1-3H3/b7-4-/t10-,11-,13-/m0/s1. The maximum absolute atomic E-state index is 2.34. The molecule has 1 aliphatic heterocycles. The summed E-state index contributed by atoms with van der Waals surface area (Å²) in [6, 6.07) is 0. The van der Waals surface area contributed by atoms with E-state index in [0.717, 1.165) is 0 Å². The maximum atomic E-state index is 2.34. The van der Waals surface area contributed by atoms with Crippen LogP contribution in [0.1, 0.15) is 20.8 Å². The summed E-state index contributed by atoms with van der Waals surface area (Å²) in [4.78, 5) is 1.57.